The van der Waals surface area contributed by atoms with Gasteiger partial charge in [-0.1, -0.05) is 194 Å². The first-order valence-corrected chi connectivity index (χ1v) is 20.0. The molecule has 0 saturated heterocycles. The first-order chi connectivity index (χ1) is 28.7. The zero-order valence-corrected chi connectivity index (χ0v) is 32.4. The second-order valence-corrected chi connectivity index (χ2v) is 15.0. The van der Waals surface area contributed by atoms with Gasteiger partial charge in [-0.15, -0.1) is 0 Å². The molecule has 10 rings (SSSR count). The van der Waals surface area contributed by atoms with E-state index in [1.54, 1.807) is 0 Å². The summed E-state index contributed by atoms with van der Waals surface area (Å²) in [6.45, 7) is 2.15. The summed E-state index contributed by atoms with van der Waals surface area (Å²) in [4.78, 5) is 2.33. The summed E-state index contributed by atoms with van der Waals surface area (Å²) in [6.07, 6.45) is 4.48. The molecule has 0 unspecified atom stereocenters. The third-order valence-corrected chi connectivity index (χ3v) is 11.3. The predicted molar refractivity (Wildman–Crippen MR) is 250 cm³/mol. The van der Waals surface area contributed by atoms with Crippen LogP contribution in [0, 0.1) is 6.92 Å². The molecular weight excluding hydrogens is 699 g/mol. The molecule has 0 atom stereocenters. The standard InChI is InChI=1S/C57H41N/c1-40-15-14-20-48(39-40)58(46-18-6-3-7-19-46)47-36-33-45(34-37-47)56-51-23-10-12-25-53(51)57(54-26-13-11-24-52(54)56)55-38-35-44(49-21-8-9-22-50(49)55)32-29-41-27-30-43(31-28-41)42-16-4-2-5-17-42/h2-39H,1H3. The molecule has 0 amide bonds. The first-order valence-electron chi connectivity index (χ1n) is 20.0. The van der Waals surface area contributed by atoms with Crippen LogP contribution in [0.2, 0.25) is 0 Å². The van der Waals surface area contributed by atoms with Crippen LogP contribution < -0.4 is 4.90 Å². The number of nitrogens with zero attached hydrogens (tertiary/aromatic N) is 1. The van der Waals surface area contributed by atoms with Crippen molar-refractivity contribution in [2.75, 3.05) is 4.90 Å². The minimum absolute atomic E-state index is 1.12. The maximum atomic E-state index is 2.33. The van der Waals surface area contributed by atoms with E-state index in [9.17, 15) is 0 Å². The molecule has 0 aliphatic carbocycles. The zero-order chi connectivity index (χ0) is 38.8. The number of aryl methyl sites for hydroxylation is 1. The normalized spacial score (nSPS) is 11.5. The monoisotopic (exact) mass is 739 g/mol. The summed E-state index contributed by atoms with van der Waals surface area (Å²) >= 11 is 0. The molecule has 0 aromatic heterocycles. The summed E-state index contributed by atoms with van der Waals surface area (Å²) in [5.74, 6) is 0. The van der Waals surface area contributed by atoms with Gasteiger partial charge in [-0.05, 0) is 126 Å². The van der Waals surface area contributed by atoms with Gasteiger partial charge in [0.25, 0.3) is 0 Å². The van der Waals surface area contributed by atoms with Crippen LogP contribution in [0.25, 0.3) is 77.9 Å². The number of fused-ring (bicyclic) bond motifs is 3. The quantitative estimate of drug-likeness (QED) is 0.111. The summed E-state index contributed by atoms with van der Waals surface area (Å²) in [5.41, 5.74) is 14.4. The van der Waals surface area contributed by atoms with Crippen molar-refractivity contribution >= 4 is 61.5 Å². The molecule has 274 valence electrons. The fourth-order valence-electron chi connectivity index (χ4n) is 8.59. The van der Waals surface area contributed by atoms with Crippen molar-refractivity contribution in [2.45, 2.75) is 6.92 Å². The van der Waals surface area contributed by atoms with Crippen molar-refractivity contribution in [3.63, 3.8) is 0 Å². The lowest BCUT2D eigenvalue weighted by Gasteiger charge is -2.26. The van der Waals surface area contributed by atoms with Gasteiger partial charge in [0.2, 0.25) is 0 Å². The first kappa shape index (κ1) is 35.0. The van der Waals surface area contributed by atoms with E-state index in [1.165, 1.54) is 82.4 Å². The molecule has 10 aromatic carbocycles. The van der Waals surface area contributed by atoms with Crippen molar-refractivity contribution in [2.24, 2.45) is 0 Å². The Morgan fingerprint density at radius 2 is 0.828 bits per heavy atom. The van der Waals surface area contributed by atoms with Crippen LogP contribution in [0.5, 0.6) is 0 Å². The average molecular weight is 740 g/mol. The number of hydrogen-bond acceptors (Lipinski definition) is 1. The molecule has 0 radical (unpaired) electrons. The maximum absolute atomic E-state index is 2.33. The zero-order valence-electron chi connectivity index (χ0n) is 32.4. The molecule has 0 spiro atoms. The SMILES string of the molecule is Cc1cccc(N(c2ccccc2)c2ccc(-c3c4ccccc4c(-c4ccc(C=Cc5ccc(-c6ccccc6)cc5)c5ccccc45)c4ccccc34)cc2)c1. The lowest BCUT2D eigenvalue weighted by atomic mass is 9.84. The van der Waals surface area contributed by atoms with Crippen LogP contribution in [-0.4, -0.2) is 0 Å². The van der Waals surface area contributed by atoms with Crippen LogP contribution in [0.3, 0.4) is 0 Å². The van der Waals surface area contributed by atoms with Crippen molar-refractivity contribution in [3.05, 3.63) is 235 Å². The van der Waals surface area contributed by atoms with Crippen molar-refractivity contribution in [1.29, 1.82) is 0 Å². The smallest absolute Gasteiger partial charge is 0.0464 e. The molecule has 1 heteroatoms. The van der Waals surface area contributed by atoms with Gasteiger partial charge in [0.15, 0.2) is 0 Å². The van der Waals surface area contributed by atoms with Gasteiger partial charge in [0.1, 0.15) is 0 Å². The summed E-state index contributed by atoms with van der Waals surface area (Å²) in [7, 11) is 0. The van der Waals surface area contributed by atoms with Gasteiger partial charge in [0, 0.05) is 17.1 Å². The second kappa shape index (κ2) is 15.2. The van der Waals surface area contributed by atoms with E-state index >= 15 is 0 Å². The van der Waals surface area contributed by atoms with E-state index in [0.717, 1.165) is 17.1 Å². The summed E-state index contributed by atoms with van der Waals surface area (Å²) in [6, 6.07) is 79.1. The van der Waals surface area contributed by atoms with Crippen LogP contribution in [0.4, 0.5) is 17.1 Å². The van der Waals surface area contributed by atoms with Gasteiger partial charge >= 0.3 is 0 Å². The number of anilines is 3. The van der Waals surface area contributed by atoms with Crippen LogP contribution in [0.1, 0.15) is 16.7 Å². The molecule has 1 nitrogen and oxygen atoms in total. The van der Waals surface area contributed by atoms with E-state index in [0.29, 0.717) is 0 Å². The Morgan fingerprint density at radius 3 is 1.47 bits per heavy atom. The highest BCUT2D eigenvalue weighted by Crippen LogP contribution is 2.46. The highest BCUT2D eigenvalue weighted by atomic mass is 15.1. The molecule has 58 heavy (non-hydrogen) atoms. The molecule has 0 aliphatic heterocycles. The lowest BCUT2D eigenvalue weighted by molar-refractivity contribution is 1.27. The molecule has 0 aliphatic rings. The highest BCUT2D eigenvalue weighted by molar-refractivity contribution is 6.23. The Kier molecular flexibility index (Phi) is 9.18. The molecule has 0 heterocycles. The number of hydrogen-bond donors (Lipinski definition) is 0. The number of benzene rings is 10. The summed E-state index contributed by atoms with van der Waals surface area (Å²) in [5, 5.41) is 7.47. The predicted octanol–water partition coefficient (Wildman–Crippen LogP) is 16.1. The van der Waals surface area contributed by atoms with Gasteiger partial charge in [-0.2, -0.15) is 0 Å². The Labute approximate surface area is 340 Å². The minimum Gasteiger partial charge on any atom is -0.310 e. The van der Waals surface area contributed by atoms with Gasteiger partial charge in [0.05, 0.1) is 0 Å². The topological polar surface area (TPSA) is 3.24 Å². The van der Waals surface area contributed by atoms with Crippen molar-refractivity contribution in [3.8, 4) is 33.4 Å². The average Bonchev–Trinajstić information content (AvgIpc) is 3.29. The Balaban J connectivity index is 1.07. The fourth-order valence-corrected chi connectivity index (χ4v) is 8.59. The molecule has 0 bridgehead atoms. The van der Waals surface area contributed by atoms with Crippen LogP contribution >= 0.6 is 0 Å². The molecule has 0 N–H and O–H groups in total. The molecule has 10 aromatic rings. The van der Waals surface area contributed by atoms with E-state index in [-0.39, 0.29) is 0 Å². The van der Waals surface area contributed by atoms with E-state index in [2.05, 4.69) is 242 Å². The maximum Gasteiger partial charge on any atom is 0.0464 e. The van der Waals surface area contributed by atoms with Gasteiger partial charge < -0.3 is 4.90 Å². The fraction of sp³-hybridized carbons (Fsp3) is 0.0175. The van der Waals surface area contributed by atoms with E-state index in [4.69, 9.17) is 0 Å². The molecule has 0 fully saturated rings. The Bertz CT molecular complexity index is 3030. The summed E-state index contributed by atoms with van der Waals surface area (Å²) < 4.78 is 0. The minimum atomic E-state index is 1.12. The number of rotatable bonds is 8. The highest BCUT2D eigenvalue weighted by Gasteiger charge is 2.19. The van der Waals surface area contributed by atoms with Crippen molar-refractivity contribution < 1.29 is 0 Å². The van der Waals surface area contributed by atoms with Crippen LogP contribution in [-0.2, 0) is 0 Å². The second-order valence-electron chi connectivity index (χ2n) is 15.0. The Morgan fingerprint density at radius 1 is 0.328 bits per heavy atom. The van der Waals surface area contributed by atoms with Gasteiger partial charge in [-0.3, -0.25) is 0 Å². The Hall–Kier alpha value is -7.48. The third kappa shape index (κ3) is 6.53. The van der Waals surface area contributed by atoms with E-state index < -0.39 is 0 Å². The van der Waals surface area contributed by atoms with E-state index in [1.807, 2.05) is 0 Å². The van der Waals surface area contributed by atoms with Crippen molar-refractivity contribution in [1.82, 2.24) is 0 Å². The molecular formula is C57H41N. The molecule has 0 saturated carbocycles. The van der Waals surface area contributed by atoms with Gasteiger partial charge in [-0.25, -0.2) is 0 Å². The third-order valence-electron chi connectivity index (χ3n) is 11.3. The number of para-hydroxylation sites is 1. The van der Waals surface area contributed by atoms with Crippen LogP contribution in [0.15, 0.2) is 218 Å². The lowest BCUT2D eigenvalue weighted by Crippen LogP contribution is -2.09. The largest absolute Gasteiger partial charge is 0.310 e.